The summed E-state index contributed by atoms with van der Waals surface area (Å²) in [5.41, 5.74) is 4.81. The van der Waals surface area contributed by atoms with Crippen molar-refractivity contribution in [2.75, 3.05) is 32.7 Å². The first-order valence-electron chi connectivity index (χ1n) is 13.8. The van der Waals surface area contributed by atoms with E-state index in [2.05, 4.69) is 64.6 Å². The van der Waals surface area contributed by atoms with Crippen LogP contribution in [-0.4, -0.2) is 75.7 Å². The van der Waals surface area contributed by atoms with Gasteiger partial charge in [-0.1, -0.05) is 54.6 Å². The maximum Gasteiger partial charge on any atom is 0.490 e. The summed E-state index contributed by atoms with van der Waals surface area (Å²) in [5, 5.41) is 26.0. The first-order valence-corrected chi connectivity index (χ1v) is 13.8. The number of nitrogens with one attached hydrogen (secondary N) is 1. The number of alkyl halides is 3. The van der Waals surface area contributed by atoms with Crippen molar-refractivity contribution in [1.82, 2.24) is 20.0 Å². The molecule has 41 heavy (non-hydrogen) atoms. The summed E-state index contributed by atoms with van der Waals surface area (Å²) >= 11 is 0. The van der Waals surface area contributed by atoms with Crippen molar-refractivity contribution in [3.05, 3.63) is 71.4 Å². The van der Waals surface area contributed by atoms with E-state index in [1.807, 2.05) is 11.0 Å². The minimum absolute atomic E-state index is 0.128. The molecule has 3 aromatic rings. The number of nitrogens with zero attached hydrogens (tertiary/aromatic N) is 3. The van der Waals surface area contributed by atoms with E-state index >= 15 is 0 Å². The maximum atomic E-state index is 11.1. The standard InChI is InChI=1S/C28H34N4O2.C2HF3O2/c33-27(34)20-31-16-12-24(13-17-31)28-25-9-8-22(7-6-21-10-14-29-15-11-21)18-26(25)32(30-28)19-23-4-2-1-3-5-23;3-2(4,5)1(6)7/h1-9,18,21,24,29H,10-17,19-20H2,(H,33,34);(H,6,7). The molecule has 2 fully saturated rings. The Morgan fingerprint density at radius 2 is 1.66 bits per heavy atom. The summed E-state index contributed by atoms with van der Waals surface area (Å²) in [4.78, 5) is 22.0. The second kappa shape index (κ2) is 13.8. The van der Waals surface area contributed by atoms with Gasteiger partial charge in [-0.2, -0.15) is 18.3 Å². The van der Waals surface area contributed by atoms with Gasteiger partial charge < -0.3 is 15.5 Å². The minimum Gasteiger partial charge on any atom is -0.480 e. The van der Waals surface area contributed by atoms with Crippen molar-refractivity contribution in [3.63, 3.8) is 0 Å². The summed E-state index contributed by atoms with van der Waals surface area (Å²) in [6.45, 7) is 4.69. The molecule has 220 valence electrons. The highest BCUT2D eigenvalue weighted by Crippen LogP contribution is 2.33. The Labute approximate surface area is 236 Å². The van der Waals surface area contributed by atoms with Crippen LogP contribution in [0.1, 0.15) is 48.4 Å². The first kappa shape index (κ1) is 30.3. The van der Waals surface area contributed by atoms with E-state index in [0.29, 0.717) is 11.8 Å². The van der Waals surface area contributed by atoms with Crippen molar-refractivity contribution < 1.29 is 33.0 Å². The number of piperidine rings is 2. The third kappa shape index (κ3) is 8.64. The van der Waals surface area contributed by atoms with Crippen LogP contribution in [0.5, 0.6) is 0 Å². The van der Waals surface area contributed by atoms with Crippen LogP contribution in [0.15, 0.2) is 54.6 Å². The lowest BCUT2D eigenvalue weighted by Crippen LogP contribution is -2.36. The number of benzene rings is 2. The molecule has 2 saturated heterocycles. The van der Waals surface area contributed by atoms with Gasteiger partial charge in [-0.25, -0.2) is 4.79 Å². The van der Waals surface area contributed by atoms with E-state index in [9.17, 15) is 18.0 Å². The molecule has 2 aliphatic rings. The van der Waals surface area contributed by atoms with Gasteiger partial charge in [0.2, 0.25) is 0 Å². The number of carbonyl (C=O) groups is 2. The van der Waals surface area contributed by atoms with Crippen LogP contribution in [-0.2, 0) is 16.1 Å². The van der Waals surface area contributed by atoms with Crippen LogP contribution in [0.3, 0.4) is 0 Å². The Morgan fingerprint density at radius 3 is 2.27 bits per heavy atom. The third-order valence-corrected chi connectivity index (χ3v) is 7.50. The number of aliphatic carboxylic acids is 2. The molecule has 3 N–H and O–H groups in total. The molecule has 3 heterocycles. The van der Waals surface area contributed by atoms with Crippen LogP contribution in [0.25, 0.3) is 17.0 Å². The molecular formula is C30H35F3N4O4. The lowest BCUT2D eigenvalue weighted by atomic mass is 9.91. The molecule has 0 aliphatic carbocycles. The third-order valence-electron chi connectivity index (χ3n) is 7.50. The molecule has 0 bridgehead atoms. The Bertz CT molecular complexity index is 1340. The smallest absolute Gasteiger partial charge is 0.480 e. The first-order chi connectivity index (χ1) is 19.6. The van der Waals surface area contributed by atoms with Gasteiger partial charge in [0.25, 0.3) is 0 Å². The maximum absolute atomic E-state index is 11.1. The zero-order valence-corrected chi connectivity index (χ0v) is 22.7. The highest BCUT2D eigenvalue weighted by molar-refractivity contribution is 5.85. The molecule has 8 nitrogen and oxygen atoms in total. The van der Waals surface area contributed by atoms with Crippen molar-refractivity contribution >= 4 is 28.9 Å². The average Bonchev–Trinajstić information content (AvgIpc) is 3.30. The highest BCUT2D eigenvalue weighted by atomic mass is 19.4. The van der Waals surface area contributed by atoms with Gasteiger partial charge in [0, 0.05) is 11.3 Å². The number of likely N-dealkylation sites (tertiary alicyclic amines) is 1. The Hall–Kier alpha value is -3.70. The summed E-state index contributed by atoms with van der Waals surface area (Å²) in [5.74, 6) is -2.49. The molecule has 2 aliphatic heterocycles. The van der Waals surface area contributed by atoms with Gasteiger partial charge in [-0.15, -0.1) is 0 Å². The molecule has 11 heteroatoms. The van der Waals surface area contributed by atoms with Gasteiger partial charge in [0.15, 0.2) is 0 Å². The molecule has 0 unspecified atom stereocenters. The van der Waals surface area contributed by atoms with Gasteiger partial charge >= 0.3 is 18.1 Å². The van der Waals surface area contributed by atoms with Crippen LogP contribution >= 0.6 is 0 Å². The van der Waals surface area contributed by atoms with Crippen LogP contribution in [0.4, 0.5) is 13.2 Å². The van der Waals surface area contributed by atoms with Crippen LogP contribution < -0.4 is 5.32 Å². The van der Waals surface area contributed by atoms with E-state index < -0.39 is 18.1 Å². The van der Waals surface area contributed by atoms with Crippen molar-refractivity contribution in [2.45, 2.75) is 44.3 Å². The summed E-state index contributed by atoms with van der Waals surface area (Å²) in [6.07, 6.45) is 3.87. The van der Waals surface area contributed by atoms with E-state index in [1.165, 1.54) is 34.9 Å². The highest BCUT2D eigenvalue weighted by Gasteiger charge is 2.38. The summed E-state index contributed by atoms with van der Waals surface area (Å²) < 4.78 is 33.9. The van der Waals surface area contributed by atoms with Gasteiger partial charge in [0.05, 0.1) is 24.3 Å². The fourth-order valence-corrected chi connectivity index (χ4v) is 5.34. The molecule has 5 rings (SSSR count). The molecule has 0 saturated carbocycles. The van der Waals surface area contributed by atoms with Crippen molar-refractivity contribution in [1.29, 1.82) is 0 Å². The topological polar surface area (TPSA) is 108 Å². The number of hydrogen-bond donors (Lipinski definition) is 3. The number of rotatable bonds is 7. The Morgan fingerprint density at radius 1 is 1.00 bits per heavy atom. The molecule has 0 radical (unpaired) electrons. The number of halogens is 3. The number of fused-ring (bicyclic) bond motifs is 1. The number of carboxylic acids is 2. The molecular weight excluding hydrogens is 537 g/mol. The monoisotopic (exact) mass is 572 g/mol. The van der Waals surface area contributed by atoms with Gasteiger partial charge in [0.1, 0.15) is 0 Å². The van der Waals surface area contributed by atoms with Crippen molar-refractivity contribution in [3.8, 4) is 0 Å². The molecule has 1 aromatic heterocycles. The zero-order valence-electron chi connectivity index (χ0n) is 22.7. The SMILES string of the molecule is O=C(O)C(F)(F)F.O=C(O)CN1CCC(c2nn(Cc3ccccc3)c3cc(C=CC4CCNCC4)ccc23)CC1. The second-order valence-electron chi connectivity index (χ2n) is 10.5. The molecule has 0 amide bonds. The summed E-state index contributed by atoms with van der Waals surface area (Å²) in [7, 11) is 0. The summed E-state index contributed by atoms with van der Waals surface area (Å²) in [6, 6.07) is 17.2. The Kier molecular flexibility index (Phi) is 10.2. The quantitative estimate of drug-likeness (QED) is 0.366. The average molecular weight is 573 g/mol. The number of carboxylic acid groups (broad SMARTS) is 2. The molecule has 0 atom stereocenters. The normalized spacial score (nSPS) is 17.4. The van der Waals surface area contributed by atoms with E-state index in [1.54, 1.807) is 0 Å². The number of hydrogen-bond acceptors (Lipinski definition) is 5. The predicted molar refractivity (Wildman–Crippen MR) is 150 cm³/mol. The zero-order chi connectivity index (χ0) is 29.4. The lowest BCUT2D eigenvalue weighted by Gasteiger charge is -2.30. The van der Waals surface area contributed by atoms with Crippen molar-refractivity contribution in [2.24, 2.45) is 5.92 Å². The molecule has 0 spiro atoms. The predicted octanol–water partition coefficient (Wildman–Crippen LogP) is 4.99. The number of aromatic nitrogens is 2. The van der Waals surface area contributed by atoms with Crippen LogP contribution in [0, 0.1) is 5.92 Å². The Balaban J connectivity index is 0.000000493. The van der Waals surface area contributed by atoms with Crippen LogP contribution in [0.2, 0.25) is 0 Å². The van der Waals surface area contributed by atoms with Gasteiger partial charge in [-0.05, 0) is 75.0 Å². The second-order valence-corrected chi connectivity index (χ2v) is 10.5. The van der Waals surface area contributed by atoms with E-state index in [0.717, 1.165) is 51.3 Å². The largest absolute Gasteiger partial charge is 0.490 e. The fraction of sp³-hybridized carbons (Fsp3) is 0.433. The van der Waals surface area contributed by atoms with E-state index in [4.69, 9.17) is 20.1 Å². The van der Waals surface area contributed by atoms with Gasteiger partial charge in [-0.3, -0.25) is 14.4 Å². The number of allylic oxidation sites excluding steroid dienone is 1. The minimum atomic E-state index is -5.08. The van der Waals surface area contributed by atoms with E-state index in [-0.39, 0.29) is 6.54 Å². The molecule has 2 aromatic carbocycles. The lowest BCUT2D eigenvalue weighted by molar-refractivity contribution is -0.192. The fourth-order valence-electron chi connectivity index (χ4n) is 5.34.